The van der Waals surface area contributed by atoms with Gasteiger partial charge in [-0.3, -0.25) is 0 Å². The van der Waals surface area contributed by atoms with Crippen molar-refractivity contribution in [2.45, 2.75) is 25.8 Å². The molecule has 0 saturated carbocycles. The Morgan fingerprint density at radius 2 is 2.19 bits per heavy atom. The second kappa shape index (κ2) is 6.43. The van der Waals surface area contributed by atoms with E-state index in [1.54, 1.807) is 6.20 Å². The normalized spacial score (nSPS) is 16.7. The highest BCUT2D eigenvalue weighted by molar-refractivity contribution is 5.46. The first-order valence-electron chi connectivity index (χ1n) is 7.42. The molecule has 2 heterocycles. The van der Waals surface area contributed by atoms with E-state index in [0.717, 1.165) is 37.6 Å². The smallest absolute Gasteiger partial charge is 0.224 e. The number of aromatic nitrogens is 2. The molecule has 5 heteroatoms. The minimum Gasteiger partial charge on any atom is -0.493 e. The van der Waals surface area contributed by atoms with Crippen molar-refractivity contribution in [3.63, 3.8) is 0 Å². The van der Waals surface area contributed by atoms with Gasteiger partial charge in [0.2, 0.25) is 5.95 Å². The number of anilines is 2. The summed E-state index contributed by atoms with van der Waals surface area (Å²) >= 11 is 0. The molecule has 0 saturated heterocycles. The van der Waals surface area contributed by atoms with E-state index in [9.17, 15) is 0 Å². The molecule has 1 aromatic carbocycles. The standard InChI is InChI=1S/C16H20N4O/c1-2-9-17-16-18-10-7-15(20-16)19-13-8-11-21-14-6-4-3-5-12(13)14/h3-7,10,13H,2,8-9,11H2,1H3,(H2,17,18,19,20). The molecular weight excluding hydrogens is 264 g/mol. The van der Waals surface area contributed by atoms with Crippen LogP contribution in [0.15, 0.2) is 36.5 Å². The molecule has 0 bridgehead atoms. The van der Waals surface area contributed by atoms with Gasteiger partial charge in [-0.2, -0.15) is 4.98 Å². The summed E-state index contributed by atoms with van der Waals surface area (Å²) in [6.45, 7) is 3.72. The number of rotatable bonds is 5. The molecule has 1 aromatic heterocycles. The summed E-state index contributed by atoms with van der Waals surface area (Å²) in [6, 6.07) is 10.3. The van der Waals surface area contributed by atoms with Crippen molar-refractivity contribution in [2.24, 2.45) is 0 Å². The lowest BCUT2D eigenvalue weighted by Crippen LogP contribution is -2.21. The summed E-state index contributed by atoms with van der Waals surface area (Å²) in [4.78, 5) is 8.73. The third-order valence-electron chi connectivity index (χ3n) is 3.47. The summed E-state index contributed by atoms with van der Waals surface area (Å²) in [5.41, 5.74) is 1.19. The predicted molar refractivity (Wildman–Crippen MR) is 83.7 cm³/mol. The van der Waals surface area contributed by atoms with Crippen LogP contribution >= 0.6 is 0 Å². The van der Waals surface area contributed by atoms with Crippen LogP contribution in [0.1, 0.15) is 31.4 Å². The highest BCUT2D eigenvalue weighted by Crippen LogP contribution is 2.33. The van der Waals surface area contributed by atoms with Gasteiger partial charge in [0.15, 0.2) is 0 Å². The van der Waals surface area contributed by atoms with Gasteiger partial charge in [0.1, 0.15) is 11.6 Å². The fourth-order valence-electron chi connectivity index (χ4n) is 2.43. The molecule has 0 aliphatic carbocycles. The van der Waals surface area contributed by atoms with Crippen molar-refractivity contribution in [1.82, 2.24) is 9.97 Å². The highest BCUT2D eigenvalue weighted by Gasteiger charge is 2.21. The second-order valence-electron chi connectivity index (χ2n) is 5.06. The lowest BCUT2D eigenvalue weighted by atomic mass is 10.0. The van der Waals surface area contributed by atoms with E-state index >= 15 is 0 Å². The largest absolute Gasteiger partial charge is 0.493 e. The van der Waals surface area contributed by atoms with Crippen molar-refractivity contribution in [3.8, 4) is 5.75 Å². The SMILES string of the molecule is CCCNc1nccc(NC2CCOc3ccccc32)n1. The molecular formula is C16H20N4O. The number of para-hydroxylation sites is 1. The summed E-state index contributed by atoms with van der Waals surface area (Å²) in [5, 5.41) is 6.69. The number of benzene rings is 1. The molecule has 1 atom stereocenters. The summed E-state index contributed by atoms with van der Waals surface area (Å²) in [6.07, 6.45) is 3.76. The van der Waals surface area contributed by atoms with Crippen molar-refractivity contribution in [3.05, 3.63) is 42.1 Å². The van der Waals surface area contributed by atoms with Gasteiger partial charge < -0.3 is 15.4 Å². The Bertz CT molecular complexity index is 602. The summed E-state index contributed by atoms with van der Waals surface area (Å²) in [7, 11) is 0. The molecule has 21 heavy (non-hydrogen) atoms. The molecule has 3 rings (SSSR count). The Kier molecular flexibility index (Phi) is 4.19. The number of nitrogens with zero attached hydrogens (tertiary/aromatic N) is 2. The molecule has 1 aliphatic heterocycles. The molecule has 2 N–H and O–H groups in total. The number of hydrogen-bond donors (Lipinski definition) is 2. The second-order valence-corrected chi connectivity index (χ2v) is 5.06. The van der Waals surface area contributed by atoms with Crippen LogP contribution in [0, 0.1) is 0 Å². The van der Waals surface area contributed by atoms with E-state index in [-0.39, 0.29) is 6.04 Å². The molecule has 1 aliphatic rings. The predicted octanol–water partition coefficient (Wildman–Crippen LogP) is 3.23. The van der Waals surface area contributed by atoms with Crippen LogP contribution in [0.3, 0.4) is 0 Å². The van der Waals surface area contributed by atoms with Crippen molar-refractivity contribution < 1.29 is 4.74 Å². The molecule has 0 spiro atoms. The number of nitrogens with one attached hydrogen (secondary N) is 2. The Morgan fingerprint density at radius 1 is 1.29 bits per heavy atom. The Balaban J connectivity index is 1.75. The molecule has 110 valence electrons. The Morgan fingerprint density at radius 3 is 3.10 bits per heavy atom. The van der Waals surface area contributed by atoms with E-state index in [1.165, 1.54) is 5.56 Å². The van der Waals surface area contributed by atoms with Gasteiger partial charge in [-0.05, 0) is 18.6 Å². The van der Waals surface area contributed by atoms with E-state index in [1.807, 2.05) is 24.3 Å². The van der Waals surface area contributed by atoms with Gasteiger partial charge >= 0.3 is 0 Å². The van der Waals surface area contributed by atoms with Gasteiger partial charge in [-0.15, -0.1) is 0 Å². The molecule has 2 aromatic rings. The molecule has 0 fully saturated rings. The van der Waals surface area contributed by atoms with Crippen molar-refractivity contribution in [2.75, 3.05) is 23.8 Å². The van der Waals surface area contributed by atoms with Crippen molar-refractivity contribution >= 4 is 11.8 Å². The van der Waals surface area contributed by atoms with Crippen LogP contribution in [-0.4, -0.2) is 23.1 Å². The first-order chi connectivity index (χ1) is 10.4. The molecule has 0 amide bonds. The third-order valence-corrected chi connectivity index (χ3v) is 3.47. The van der Waals surface area contributed by atoms with Gasteiger partial charge in [0.05, 0.1) is 12.6 Å². The average Bonchev–Trinajstić information content (AvgIpc) is 2.54. The third kappa shape index (κ3) is 3.24. The first kappa shape index (κ1) is 13.7. The van der Waals surface area contributed by atoms with Crippen LogP contribution in [0.2, 0.25) is 0 Å². The monoisotopic (exact) mass is 284 g/mol. The zero-order valence-electron chi connectivity index (χ0n) is 12.2. The lowest BCUT2D eigenvalue weighted by molar-refractivity contribution is 0.274. The molecule has 5 nitrogen and oxygen atoms in total. The maximum atomic E-state index is 5.68. The topological polar surface area (TPSA) is 59.1 Å². The van der Waals surface area contributed by atoms with Crippen LogP contribution in [0.4, 0.5) is 11.8 Å². The fourth-order valence-corrected chi connectivity index (χ4v) is 2.43. The number of ether oxygens (including phenoxy) is 1. The highest BCUT2D eigenvalue weighted by atomic mass is 16.5. The number of fused-ring (bicyclic) bond motifs is 1. The Labute approximate surface area is 124 Å². The lowest BCUT2D eigenvalue weighted by Gasteiger charge is -2.27. The summed E-state index contributed by atoms with van der Waals surface area (Å²) in [5.74, 6) is 2.46. The van der Waals surface area contributed by atoms with E-state index < -0.39 is 0 Å². The maximum Gasteiger partial charge on any atom is 0.224 e. The average molecular weight is 284 g/mol. The van der Waals surface area contributed by atoms with Gasteiger partial charge in [-0.25, -0.2) is 4.98 Å². The zero-order valence-corrected chi connectivity index (χ0v) is 12.2. The van der Waals surface area contributed by atoms with Crippen LogP contribution in [0.5, 0.6) is 5.75 Å². The van der Waals surface area contributed by atoms with Crippen LogP contribution in [-0.2, 0) is 0 Å². The van der Waals surface area contributed by atoms with Crippen molar-refractivity contribution in [1.29, 1.82) is 0 Å². The fraction of sp³-hybridized carbons (Fsp3) is 0.375. The summed E-state index contributed by atoms with van der Waals surface area (Å²) < 4.78 is 5.68. The molecule has 0 radical (unpaired) electrons. The minimum absolute atomic E-state index is 0.226. The number of hydrogen-bond acceptors (Lipinski definition) is 5. The quantitative estimate of drug-likeness (QED) is 0.882. The van der Waals surface area contributed by atoms with E-state index in [0.29, 0.717) is 5.95 Å². The van der Waals surface area contributed by atoms with Gasteiger partial charge in [0, 0.05) is 24.7 Å². The van der Waals surface area contributed by atoms with Gasteiger partial charge in [-0.1, -0.05) is 25.1 Å². The Hall–Kier alpha value is -2.30. The van der Waals surface area contributed by atoms with Crippen LogP contribution < -0.4 is 15.4 Å². The van der Waals surface area contributed by atoms with Gasteiger partial charge in [0.25, 0.3) is 0 Å². The van der Waals surface area contributed by atoms with E-state index in [2.05, 4.69) is 33.6 Å². The zero-order chi connectivity index (χ0) is 14.5. The maximum absolute atomic E-state index is 5.68. The van der Waals surface area contributed by atoms with E-state index in [4.69, 9.17) is 4.74 Å². The van der Waals surface area contributed by atoms with Crippen LogP contribution in [0.25, 0.3) is 0 Å². The molecule has 1 unspecified atom stereocenters. The first-order valence-corrected chi connectivity index (χ1v) is 7.42. The minimum atomic E-state index is 0.226.